The summed E-state index contributed by atoms with van der Waals surface area (Å²) in [4.78, 5) is 16.1. The van der Waals surface area contributed by atoms with Gasteiger partial charge in [0.15, 0.2) is 0 Å². The summed E-state index contributed by atoms with van der Waals surface area (Å²) in [7, 11) is 3.20. The Morgan fingerprint density at radius 2 is 1.72 bits per heavy atom. The number of benzene rings is 2. The number of ether oxygens (including phenoxy) is 2. The van der Waals surface area contributed by atoms with Gasteiger partial charge in [-0.3, -0.25) is 4.79 Å². The van der Waals surface area contributed by atoms with Gasteiger partial charge in [0.2, 0.25) is 0 Å². The topological polar surface area (TPSA) is 38.8 Å². The fourth-order valence-electron chi connectivity index (χ4n) is 2.57. The smallest absolute Gasteiger partial charge is 0.262 e. The van der Waals surface area contributed by atoms with Gasteiger partial charge >= 0.3 is 0 Å². The maximum Gasteiger partial charge on any atom is 0.262 e. The molecular formula is C20H19NO3S. The van der Waals surface area contributed by atoms with E-state index < -0.39 is 0 Å². The van der Waals surface area contributed by atoms with Crippen molar-refractivity contribution in [3.05, 3.63) is 76.5 Å². The minimum atomic E-state index is -0.101. The lowest BCUT2D eigenvalue weighted by Crippen LogP contribution is -2.30. The van der Waals surface area contributed by atoms with Crippen LogP contribution in [-0.2, 0) is 6.54 Å². The maximum absolute atomic E-state index is 13.2. The van der Waals surface area contributed by atoms with E-state index in [-0.39, 0.29) is 5.91 Å². The van der Waals surface area contributed by atoms with E-state index in [1.165, 1.54) is 0 Å². The molecule has 1 aromatic heterocycles. The third-order valence-electron chi connectivity index (χ3n) is 3.86. The Labute approximate surface area is 151 Å². The minimum Gasteiger partial charge on any atom is -0.497 e. The van der Waals surface area contributed by atoms with Crippen molar-refractivity contribution in [3.63, 3.8) is 0 Å². The molecule has 4 nitrogen and oxygen atoms in total. The highest BCUT2D eigenvalue weighted by Crippen LogP contribution is 2.27. The van der Waals surface area contributed by atoms with Crippen LogP contribution in [0.5, 0.6) is 11.5 Å². The predicted octanol–water partition coefficient (Wildman–Crippen LogP) is 4.61. The Kier molecular flexibility index (Phi) is 5.36. The summed E-state index contributed by atoms with van der Waals surface area (Å²) in [5.74, 6) is 1.22. The van der Waals surface area contributed by atoms with Gasteiger partial charge < -0.3 is 14.4 Å². The number of hydrogen-bond acceptors (Lipinski definition) is 4. The number of para-hydroxylation sites is 1. The highest BCUT2D eigenvalue weighted by Gasteiger charge is 2.21. The first kappa shape index (κ1) is 17.0. The first-order valence-electron chi connectivity index (χ1n) is 7.84. The molecule has 0 fully saturated rings. The van der Waals surface area contributed by atoms with Gasteiger partial charge in [-0.25, -0.2) is 0 Å². The number of hydrogen-bond donors (Lipinski definition) is 0. The van der Waals surface area contributed by atoms with Crippen LogP contribution >= 0.6 is 11.3 Å². The van der Waals surface area contributed by atoms with E-state index >= 15 is 0 Å². The Bertz CT molecular complexity index is 828. The van der Waals surface area contributed by atoms with E-state index in [0.29, 0.717) is 17.9 Å². The summed E-state index contributed by atoms with van der Waals surface area (Å²) in [6.07, 6.45) is 0. The monoisotopic (exact) mass is 353 g/mol. The molecule has 0 radical (unpaired) electrons. The average Bonchev–Trinajstić information content (AvgIpc) is 3.19. The second-order valence-electron chi connectivity index (χ2n) is 5.37. The van der Waals surface area contributed by atoms with Crippen LogP contribution in [0.25, 0.3) is 0 Å². The molecule has 3 aromatic rings. The fraction of sp³-hybridized carbons (Fsp3) is 0.150. The fourth-order valence-corrected chi connectivity index (χ4v) is 3.26. The van der Waals surface area contributed by atoms with E-state index in [1.54, 1.807) is 42.6 Å². The summed E-state index contributed by atoms with van der Waals surface area (Å²) in [5, 5.41) is 2.01. The standard InChI is InChI=1S/C20H19NO3S/c1-23-16-11-9-15(10-12-16)21(14-17-6-5-13-25-17)20(22)18-7-3-4-8-19(18)24-2/h3-13H,14H2,1-2H3. The molecule has 0 atom stereocenters. The number of carbonyl (C=O) groups excluding carboxylic acids is 1. The van der Waals surface area contributed by atoms with E-state index in [9.17, 15) is 4.79 Å². The van der Waals surface area contributed by atoms with Crippen molar-refractivity contribution in [1.29, 1.82) is 0 Å². The summed E-state index contributed by atoms with van der Waals surface area (Å²) >= 11 is 1.63. The first-order chi connectivity index (χ1) is 12.2. The van der Waals surface area contributed by atoms with Crippen LogP contribution in [0.3, 0.4) is 0 Å². The van der Waals surface area contributed by atoms with Crippen LogP contribution in [0.1, 0.15) is 15.2 Å². The van der Waals surface area contributed by atoms with Gasteiger partial charge in [-0.2, -0.15) is 0 Å². The van der Waals surface area contributed by atoms with Crippen molar-refractivity contribution in [3.8, 4) is 11.5 Å². The molecule has 25 heavy (non-hydrogen) atoms. The van der Waals surface area contributed by atoms with Crippen molar-refractivity contribution in [1.82, 2.24) is 0 Å². The van der Waals surface area contributed by atoms with Gasteiger partial charge in [0, 0.05) is 10.6 Å². The normalized spacial score (nSPS) is 10.3. The molecule has 0 saturated heterocycles. The molecule has 128 valence electrons. The molecule has 3 rings (SSSR count). The third-order valence-corrected chi connectivity index (χ3v) is 4.72. The molecule has 1 heterocycles. The summed E-state index contributed by atoms with van der Waals surface area (Å²) in [6.45, 7) is 0.501. The number of rotatable bonds is 6. The number of methoxy groups -OCH3 is 2. The highest BCUT2D eigenvalue weighted by atomic mass is 32.1. The van der Waals surface area contributed by atoms with Gasteiger partial charge in [-0.05, 0) is 47.8 Å². The second kappa shape index (κ2) is 7.85. The highest BCUT2D eigenvalue weighted by molar-refractivity contribution is 7.09. The van der Waals surface area contributed by atoms with Crippen LogP contribution in [-0.4, -0.2) is 20.1 Å². The molecule has 0 aliphatic rings. The zero-order valence-electron chi connectivity index (χ0n) is 14.1. The van der Waals surface area contributed by atoms with Crippen LogP contribution in [0.4, 0.5) is 5.69 Å². The van der Waals surface area contributed by atoms with Gasteiger partial charge in [0.25, 0.3) is 5.91 Å². The molecule has 0 bridgehead atoms. The molecule has 0 N–H and O–H groups in total. The van der Waals surface area contributed by atoms with Gasteiger partial charge in [-0.15, -0.1) is 11.3 Å². The number of nitrogens with zero attached hydrogens (tertiary/aromatic N) is 1. The van der Waals surface area contributed by atoms with E-state index in [2.05, 4.69) is 0 Å². The molecule has 0 unspecified atom stereocenters. The predicted molar refractivity (Wildman–Crippen MR) is 101 cm³/mol. The zero-order chi connectivity index (χ0) is 17.6. The zero-order valence-corrected chi connectivity index (χ0v) is 15.0. The van der Waals surface area contributed by atoms with Crippen LogP contribution in [0, 0.1) is 0 Å². The van der Waals surface area contributed by atoms with Crippen molar-refractivity contribution in [2.75, 3.05) is 19.1 Å². The quantitative estimate of drug-likeness (QED) is 0.649. The lowest BCUT2D eigenvalue weighted by Gasteiger charge is -2.23. The Morgan fingerprint density at radius 1 is 0.960 bits per heavy atom. The van der Waals surface area contributed by atoms with Gasteiger partial charge in [0.1, 0.15) is 11.5 Å². The lowest BCUT2D eigenvalue weighted by atomic mass is 10.1. The molecule has 2 aromatic carbocycles. The number of carbonyl (C=O) groups is 1. The van der Waals surface area contributed by atoms with Gasteiger partial charge in [0.05, 0.1) is 26.3 Å². The van der Waals surface area contributed by atoms with Crippen molar-refractivity contribution in [2.45, 2.75) is 6.54 Å². The van der Waals surface area contributed by atoms with E-state index in [4.69, 9.17) is 9.47 Å². The molecule has 0 aliphatic heterocycles. The molecule has 0 spiro atoms. The maximum atomic E-state index is 13.2. The van der Waals surface area contributed by atoms with Crippen LogP contribution in [0.15, 0.2) is 66.0 Å². The molecule has 5 heteroatoms. The summed E-state index contributed by atoms with van der Waals surface area (Å²) in [5.41, 5.74) is 1.35. The van der Waals surface area contributed by atoms with Crippen LogP contribution < -0.4 is 14.4 Å². The van der Waals surface area contributed by atoms with Crippen LogP contribution in [0.2, 0.25) is 0 Å². The van der Waals surface area contributed by atoms with Crippen molar-refractivity contribution >= 4 is 22.9 Å². The minimum absolute atomic E-state index is 0.101. The SMILES string of the molecule is COc1ccc(N(Cc2cccs2)C(=O)c2ccccc2OC)cc1. The molecule has 0 aliphatic carbocycles. The number of thiophene rings is 1. The Morgan fingerprint density at radius 3 is 2.36 bits per heavy atom. The average molecular weight is 353 g/mol. The first-order valence-corrected chi connectivity index (χ1v) is 8.72. The number of anilines is 1. The third kappa shape index (κ3) is 3.83. The second-order valence-corrected chi connectivity index (χ2v) is 6.40. The van der Waals surface area contributed by atoms with E-state index in [0.717, 1.165) is 16.3 Å². The number of amides is 1. The van der Waals surface area contributed by atoms with E-state index in [1.807, 2.05) is 53.9 Å². The van der Waals surface area contributed by atoms with Crippen molar-refractivity contribution < 1.29 is 14.3 Å². The Hall–Kier alpha value is -2.79. The summed E-state index contributed by atoms with van der Waals surface area (Å²) in [6, 6.07) is 18.8. The van der Waals surface area contributed by atoms with Crippen molar-refractivity contribution in [2.24, 2.45) is 0 Å². The Balaban J connectivity index is 1.98. The molecule has 0 saturated carbocycles. The lowest BCUT2D eigenvalue weighted by molar-refractivity contribution is 0.0982. The molecular weight excluding hydrogens is 334 g/mol. The molecule has 1 amide bonds. The van der Waals surface area contributed by atoms with Gasteiger partial charge in [-0.1, -0.05) is 18.2 Å². The largest absolute Gasteiger partial charge is 0.497 e. The summed E-state index contributed by atoms with van der Waals surface area (Å²) < 4.78 is 10.6.